The monoisotopic (exact) mass is 262 g/mol. The molecule has 1 N–H and O–H groups in total. The van der Waals surface area contributed by atoms with Crippen molar-refractivity contribution in [1.29, 1.82) is 0 Å². The molecule has 2 aliphatic rings. The second-order valence-corrected chi connectivity index (χ2v) is 6.58. The van der Waals surface area contributed by atoms with Gasteiger partial charge < -0.3 is 10.1 Å². The smallest absolute Gasteiger partial charge is 0.268 e. The van der Waals surface area contributed by atoms with Crippen molar-refractivity contribution in [3.8, 4) is 0 Å². The summed E-state index contributed by atoms with van der Waals surface area (Å²) in [7, 11) is 0. The number of likely N-dealkylation sites (tertiary alicyclic amines) is 1. The molecule has 0 aromatic heterocycles. The molecule has 0 amide bonds. The molecular weight excluding hydrogens is 238 g/mol. The van der Waals surface area contributed by atoms with Crippen LogP contribution < -0.4 is 5.32 Å². The van der Waals surface area contributed by atoms with E-state index in [-0.39, 0.29) is 12.1 Å². The molecule has 18 heavy (non-hydrogen) atoms. The van der Waals surface area contributed by atoms with E-state index in [2.05, 4.69) is 5.32 Å². The number of piperidine rings is 1. The van der Waals surface area contributed by atoms with Crippen molar-refractivity contribution in [1.82, 2.24) is 10.2 Å². The van der Waals surface area contributed by atoms with Crippen LogP contribution in [0.1, 0.15) is 27.2 Å². The van der Waals surface area contributed by atoms with Gasteiger partial charge in [0, 0.05) is 19.6 Å². The number of alkyl halides is 2. The van der Waals surface area contributed by atoms with Crippen LogP contribution in [0.2, 0.25) is 0 Å². The molecule has 0 aromatic carbocycles. The molecule has 2 heterocycles. The maximum atomic E-state index is 14.1. The lowest BCUT2D eigenvalue weighted by Gasteiger charge is -2.53. The maximum Gasteiger partial charge on any atom is 0.268 e. The van der Waals surface area contributed by atoms with Crippen molar-refractivity contribution in [2.45, 2.75) is 38.7 Å². The van der Waals surface area contributed by atoms with Gasteiger partial charge in [0.1, 0.15) is 0 Å². The molecule has 0 saturated carbocycles. The lowest BCUT2D eigenvalue weighted by molar-refractivity contribution is -0.190. The van der Waals surface area contributed by atoms with Crippen LogP contribution in [0.3, 0.4) is 0 Å². The first-order valence-electron chi connectivity index (χ1n) is 6.69. The highest BCUT2D eigenvalue weighted by atomic mass is 19.3. The van der Waals surface area contributed by atoms with Crippen molar-refractivity contribution in [2.75, 3.05) is 39.3 Å². The highest BCUT2D eigenvalue weighted by molar-refractivity contribution is 5.06. The summed E-state index contributed by atoms with van der Waals surface area (Å²) in [6, 6.07) is 0. The molecule has 2 fully saturated rings. The van der Waals surface area contributed by atoms with E-state index < -0.39 is 11.3 Å². The Morgan fingerprint density at radius 2 is 1.94 bits per heavy atom. The fraction of sp³-hybridized carbons (Fsp3) is 1.00. The van der Waals surface area contributed by atoms with Gasteiger partial charge in [-0.25, -0.2) is 8.78 Å². The van der Waals surface area contributed by atoms with E-state index in [9.17, 15) is 8.78 Å². The van der Waals surface area contributed by atoms with Crippen LogP contribution >= 0.6 is 0 Å². The van der Waals surface area contributed by atoms with Crippen LogP contribution in [0.25, 0.3) is 0 Å². The molecule has 2 aliphatic heterocycles. The average molecular weight is 262 g/mol. The first-order chi connectivity index (χ1) is 8.24. The lowest BCUT2D eigenvalue weighted by Crippen LogP contribution is -2.69. The van der Waals surface area contributed by atoms with E-state index in [1.807, 2.05) is 25.7 Å². The van der Waals surface area contributed by atoms with E-state index in [0.29, 0.717) is 32.7 Å². The number of nitrogens with one attached hydrogen (secondary N) is 1. The summed E-state index contributed by atoms with van der Waals surface area (Å²) >= 11 is 0. The molecule has 0 aromatic rings. The Morgan fingerprint density at radius 3 is 2.39 bits per heavy atom. The maximum absolute atomic E-state index is 14.1. The molecule has 0 aliphatic carbocycles. The first kappa shape index (κ1) is 14.2. The van der Waals surface area contributed by atoms with Crippen LogP contribution in [-0.2, 0) is 4.74 Å². The summed E-state index contributed by atoms with van der Waals surface area (Å²) in [5.41, 5.74) is -0.966. The van der Waals surface area contributed by atoms with Gasteiger partial charge in [0.05, 0.1) is 24.2 Å². The molecule has 0 atom stereocenters. The molecule has 0 bridgehead atoms. The molecule has 2 saturated heterocycles. The third kappa shape index (κ3) is 2.83. The predicted octanol–water partition coefficient (Wildman–Crippen LogP) is 1.73. The fourth-order valence-corrected chi connectivity index (χ4v) is 2.62. The zero-order valence-corrected chi connectivity index (χ0v) is 11.6. The summed E-state index contributed by atoms with van der Waals surface area (Å²) < 4.78 is 33.8. The van der Waals surface area contributed by atoms with Crippen LogP contribution in [-0.4, -0.2) is 55.8 Å². The van der Waals surface area contributed by atoms with Gasteiger partial charge in [-0.05, 0) is 33.7 Å². The number of halogens is 2. The summed E-state index contributed by atoms with van der Waals surface area (Å²) in [6.45, 7) is 8.61. The number of ether oxygens (including phenoxy) is 1. The average Bonchev–Trinajstić information content (AvgIpc) is 2.11. The van der Waals surface area contributed by atoms with Gasteiger partial charge in [-0.3, -0.25) is 4.90 Å². The van der Waals surface area contributed by atoms with Crippen LogP contribution in [0.5, 0.6) is 0 Å². The van der Waals surface area contributed by atoms with Gasteiger partial charge in [-0.1, -0.05) is 0 Å². The summed E-state index contributed by atoms with van der Waals surface area (Å²) in [6.07, 6.45) is 0.586. The van der Waals surface area contributed by atoms with E-state index in [1.165, 1.54) is 0 Å². The second kappa shape index (κ2) is 4.69. The minimum Gasteiger partial charge on any atom is -0.375 e. The van der Waals surface area contributed by atoms with Crippen molar-refractivity contribution in [3.05, 3.63) is 0 Å². The summed E-state index contributed by atoms with van der Waals surface area (Å²) in [5, 5.41) is 2.98. The Kier molecular flexibility index (Phi) is 3.69. The van der Waals surface area contributed by atoms with Crippen LogP contribution in [0.15, 0.2) is 0 Å². The molecule has 3 nitrogen and oxygen atoms in total. The number of nitrogens with zero attached hydrogens (tertiary/aromatic N) is 1. The van der Waals surface area contributed by atoms with Crippen LogP contribution in [0.4, 0.5) is 8.78 Å². The minimum atomic E-state index is -2.57. The first-order valence-corrected chi connectivity index (χ1v) is 6.69. The fourth-order valence-electron chi connectivity index (χ4n) is 2.62. The zero-order valence-electron chi connectivity index (χ0n) is 11.6. The molecular formula is C13H24F2N2O. The SMILES string of the molecule is CC(C)(C)OCCN1CCC2(CNC2)C(F)(F)C1. The normalized spacial score (nSPS) is 27.2. The van der Waals surface area contributed by atoms with Crippen molar-refractivity contribution < 1.29 is 13.5 Å². The van der Waals surface area contributed by atoms with Gasteiger partial charge in [-0.15, -0.1) is 0 Å². The van der Waals surface area contributed by atoms with Crippen molar-refractivity contribution in [2.24, 2.45) is 5.41 Å². The quantitative estimate of drug-likeness (QED) is 0.838. The molecule has 1 spiro atoms. The van der Waals surface area contributed by atoms with Gasteiger partial charge >= 0.3 is 0 Å². The zero-order chi connectivity index (χ0) is 13.4. The number of rotatable bonds is 3. The Hall–Kier alpha value is -0.260. The number of hydrogen-bond donors (Lipinski definition) is 1. The Labute approximate surface area is 108 Å². The van der Waals surface area contributed by atoms with E-state index in [4.69, 9.17) is 4.74 Å². The third-order valence-corrected chi connectivity index (χ3v) is 3.97. The van der Waals surface area contributed by atoms with Crippen LogP contribution in [0, 0.1) is 5.41 Å². The van der Waals surface area contributed by atoms with Crippen molar-refractivity contribution in [3.63, 3.8) is 0 Å². The van der Waals surface area contributed by atoms with Gasteiger partial charge in [-0.2, -0.15) is 0 Å². The van der Waals surface area contributed by atoms with Gasteiger partial charge in [0.25, 0.3) is 5.92 Å². The molecule has 0 unspecified atom stereocenters. The Morgan fingerprint density at radius 1 is 1.28 bits per heavy atom. The molecule has 106 valence electrons. The molecule has 2 rings (SSSR count). The van der Waals surface area contributed by atoms with Gasteiger partial charge in [0.2, 0.25) is 0 Å². The minimum absolute atomic E-state index is 0.123. The van der Waals surface area contributed by atoms with Crippen molar-refractivity contribution >= 4 is 0 Å². The summed E-state index contributed by atoms with van der Waals surface area (Å²) in [4.78, 5) is 1.83. The van der Waals surface area contributed by atoms with Gasteiger partial charge in [0.15, 0.2) is 0 Å². The standard InChI is InChI=1S/C13H24F2N2O/c1-11(2,3)18-7-6-17-5-4-12(8-16-9-12)13(14,15)10-17/h16H,4-10H2,1-3H3. The highest BCUT2D eigenvalue weighted by Crippen LogP contribution is 2.46. The predicted molar refractivity (Wildman–Crippen MR) is 67.0 cm³/mol. The molecule has 0 radical (unpaired) electrons. The molecule has 5 heteroatoms. The second-order valence-electron chi connectivity index (χ2n) is 6.58. The van der Waals surface area contributed by atoms with E-state index >= 15 is 0 Å². The topological polar surface area (TPSA) is 24.5 Å². The number of hydrogen-bond acceptors (Lipinski definition) is 3. The Bertz CT molecular complexity index is 298. The van der Waals surface area contributed by atoms with E-state index in [1.54, 1.807) is 0 Å². The van der Waals surface area contributed by atoms with E-state index in [0.717, 1.165) is 6.54 Å². The summed E-state index contributed by atoms with van der Waals surface area (Å²) in [5.74, 6) is -2.57. The third-order valence-electron chi connectivity index (χ3n) is 3.97. The Balaban J connectivity index is 1.80. The highest BCUT2D eigenvalue weighted by Gasteiger charge is 2.59. The lowest BCUT2D eigenvalue weighted by atomic mass is 9.70. The largest absolute Gasteiger partial charge is 0.375 e.